The molecule has 0 bridgehead atoms. The standard InChI is InChI=1S/C6H6N4O2/c1-5(11)12-4-10-3-8-6(2-7)9-10/h3H,4H2,1H3. The highest BCUT2D eigenvalue weighted by Crippen LogP contribution is 1.88. The Hall–Kier alpha value is -1.90. The highest BCUT2D eigenvalue weighted by molar-refractivity contribution is 5.65. The van der Waals surface area contributed by atoms with Gasteiger partial charge >= 0.3 is 5.97 Å². The Balaban J connectivity index is 2.54. The number of hydrogen-bond acceptors (Lipinski definition) is 5. The van der Waals surface area contributed by atoms with Gasteiger partial charge in [-0.05, 0) is 0 Å². The molecule has 0 aliphatic heterocycles. The molecule has 0 aliphatic rings. The second-order valence-corrected chi connectivity index (χ2v) is 1.98. The molecule has 1 heterocycles. The molecule has 62 valence electrons. The van der Waals surface area contributed by atoms with Crippen LogP contribution in [-0.4, -0.2) is 20.7 Å². The second kappa shape index (κ2) is 3.48. The van der Waals surface area contributed by atoms with Crippen LogP contribution in [0.1, 0.15) is 12.7 Å². The molecule has 6 heteroatoms. The summed E-state index contributed by atoms with van der Waals surface area (Å²) in [4.78, 5) is 14.0. The van der Waals surface area contributed by atoms with Gasteiger partial charge in [0.05, 0.1) is 0 Å². The Bertz CT molecular complexity index is 325. The van der Waals surface area contributed by atoms with Gasteiger partial charge in [-0.3, -0.25) is 4.79 Å². The van der Waals surface area contributed by atoms with E-state index in [4.69, 9.17) is 5.26 Å². The van der Waals surface area contributed by atoms with E-state index in [0.29, 0.717) is 0 Å². The van der Waals surface area contributed by atoms with Gasteiger partial charge < -0.3 is 4.74 Å². The fraction of sp³-hybridized carbons (Fsp3) is 0.333. The van der Waals surface area contributed by atoms with Crippen LogP contribution in [0.15, 0.2) is 6.33 Å². The van der Waals surface area contributed by atoms with Crippen molar-refractivity contribution in [2.75, 3.05) is 0 Å². The number of ether oxygens (including phenoxy) is 1. The van der Waals surface area contributed by atoms with Crippen molar-refractivity contribution >= 4 is 5.97 Å². The molecule has 6 nitrogen and oxygen atoms in total. The lowest BCUT2D eigenvalue weighted by molar-refractivity contribution is -0.145. The van der Waals surface area contributed by atoms with E-state index in [-0.39, 0.29) is 12.6 Å². The van der Waals surface area contributed by atoms with Crippen molar-refractivity contribution in [3.05, 3.63) is 12.2 Å². The molecule has 0 unspecified atom stereocenters. The summed E-state index contributed by atoms with van der Waals surface area (Å²) in [5.41, 5.74) is 0. The maximum absolute atomic E-state index is 10.3. The largest absolute Gasteiger partial charge is 0.442 e. The van der Waals surface area contributed by atoms with Gasteiger partial charge in [0.15, 0.2) is 6.73 Å². The van der Waals surface area contributed by atoms with Gasteiger partial charge in [-0.1, -0.05) is 0 Å². The SMILES string of the molecule is CC(=O)OCn1cnc(C#N)n1. The normalized spacial score (nSPS) is 9.00. The van der Waals surface area contributed by atoms with E-state index in [1.807, 2.05) is 0 Å². The lowest BCUT2D eigenvalue weighted by atomic mass is 10.7. The Morgan fingerprint density at radius 1 is 1.92 bits per heavy atom. The van der Waals surface area contributed by atoms with E-state index in [1.54, 1.807) is 6.07 Å². The quantitative estimate of drug-likeness (QED) is 0.562. The molecule has 12 heavy (non-hydrogen) atoms. The van der Waals surface area contributed by atoms with Gasteiger partial charge in [0.25, 0.3) is 5.82 Å². The zero-order chi connectivity index (χ0) is 8.97. The summed E-state index contributed by atoms with van der Waals surface area (Å²) in [6.45, 7) is 1.28. The number of nitriles is 1. The summed E-state index contributed by atoms with van der Waals surface area (Å²) in [7, 11) is 0. The van der Waals surface area contributed by atoms with Gasteiger partial charge in [-0.25, -0.2) is 9.67 Å². The van der Waals surface area contributed by atoms with E-state index in [9.17, 15) is 4.79 Å². The first kappa shape index (κ1) is 8.20. The van der Waals surface area contributed by atoms with Crippen LogP contribution in [0.25, 0.3) is 0 Å². The first-order chi connectivity index (χ1) is 5.72. The predicted octanol–water partition coefficient (Wildman–Crippen LogP) is -0.330. The second-order valence-electron chi connectivity index (χ2n) is 1.98. The molecule has 0 aromatic carbocycles. The lowest BCUT2D eigenvalue weighted by Gasteiger charge is -1.98. The number of aromatic nitrogens is 3. The molecule has 1 rings (SSSR count). The molecule has 0 atom stereocenters. The first-order valence-electron chi connectivity index (χ1n) is 3.15. The van der Waals surface area contributed by atoms with Gasteiger partial charge in [-0.2, -0.15) is 5.26 Å². The number of nitrogens with zero attached hydrogens (tertiary/aromatic N) is 4. The third-order valence-electron chi connectivity index (χ3n) is 1.04. The van der Waals surface area contributed by atoms with E-state index in [1.165, 1.54) is 17.9 Å². The van der Waals surface area contributed by atoms with E-state index in [2.05, 4.69) is 14.8 Å². The summed E-state index contributed by atoms with van der Waals surface area (Å²) in [6, 6.07) is 1.75. The zero-order valence-electron chi connectivity index (χ0n) is 6.39. The minimum absolute atomic E-state index is 0.00991. The first-order valence-corrected chi connectivity index (χ1v) is 3.15. The molecule has 1 aromatic rings. The smallest absolute Gasteiger partial charge is 0.304 e. The average molecular weight is 166 g/mol. The van der Waals surface area contributed by atoms with Crippen LogP contribution in [0, 0.1) is 11.3 Å². The molecule has 0 amide bonds. The highest BCUT2D eigenvalue weighted by atomic mass is 16.5. The molecule has 0 radical (unpaired) electrons. The summed E-state index contributed by atoms with van der Waals surface area (Å²) >= 11 is 0. The molecule has 0 spiro atoms. The molecule has 1 aromatic heterocycles. The number of hydrogen-bond donors (Lipinski definition) is 0. The van der Waals surface area contributed by atoms with Crippen LogP contribution < -0.4 is 0 Å². The van der Waals surface area contributed by atoms with Crippen LogP contribution in [0.3, 0.4) is 0 Å². The molecule has 0 saturated carbocycles. The number of carbonyl (C=O) groups excluding carboxylic acids is 1. The zero-order valence-corrected chi connectivity index (χ0v) is 6.39. The van der Waals surface area contributed by atoms with Crippen molar-refractivity contribution < 1.29 is 9.53 Å². The highest BCUT2D eigenvalue weighted by Gasteiger charge is 1.99. The van der Waals surface area contributed by atoms with Crippen molar-refractivity contribution in [3.8, 4) is 6.07 Å². The molecular formula is C6H6N4O2. The van der Waals surface area contributed by atoms with Gasteiger partial charge in [0.1, 0.15) is 12.4 Å². The van der Waals surface area contributed by atoms with E-state index in [0.717, 1.165) is 0 Å². The Morgan fingerprint density at radius 2 is 2.67 bits per heavy atom. The lowest BCUT2D eigenvalue weighted by Crippen LogP contribution is -2.06. The fourth-order valence-corrected chi connectivity index (χ4v) is 0.565. The monoisotopic (exact) mass is 166 g/mol. The van der Waals surface area contributed by atoms with Crippen molar-refractivity contribution in [3.63, 3.8) is 0 Å². The number of carbonyl (C=O) groups is 1. The van der Waals surface area contributed by atoms with E-state index >= 15 is 0 Å². The summed E-state index contributed by atoms with van der Waals surface area (Å²) in [5, 5.41) is 12.0. The summed E-state index contributed by atoms with van der Waals surface area (Å²) in [5.74, 6) is -0.342. The Kier molecular flexibility index (Phi) is 2.38. The summed E-state index contributed by atoms with van der Waals surface area (Å²) < 4.78 is 5.86. The average Bonchev–Trinajstić information content (AvgIpc) is 2.48. The third kappa shape index (κ3) is 2.05. The third-order valence-corrected chi connectivity index (χ3v) is 1.04. The fourth-order valence-electron chi connectivity index (χ4n) is 0.565. The minimum Gasteiger partial charge on any atom is -0.442 e. The van der Waals surface area contributed by atoms with Crippen LogP contribution in [-0.2, 0) is 16.3 Å². The van der Waals surface area contributed by atoms with Crippen molar-refractivity contribution in [2.24, 2.45) is 0 Å². The molecular weight excluding hydrogens is 160 g/mol. The van der Waals surface area contributed by atoms with Gasteiger partial charge in [-0.15, -0.1) is 5.10 Å². The van der Waals surface area contributed by atoms with E-state index < -0.39 is 5.97 Å². The number of esters is 1. The van der Waals surface area contributed by atoms with Crippen molar-refractivity contribution in [1.29, 1.82) is 5.26 Å². The topological polar surface area (TPSA) is 80.8 Å². The summed E-state index contributed by atoms with van der Waals surface area (Å²) in [6.07, 6.45) is 1.32. The van der Waals surface area contributed by atoms with Crippen LogP contribution in [0.5, 0.6) is 0 Å². The van der Waals surface area contributed by atoms with Gasteiger partial charge in [0.2, 0.25) is 0 Å². The Labute approximate surface area is 68.4 Å². The maximum atomic E-state index is 10.3. The van der Waals surface area contributed by atoms with Crippen molar-refractivity contribution in [1.82, 2.24) is 14.8 Å². The Morgan fingerprint density at radius 3 is 3.17 bits per heavy atom. The molecule has 0 N–H and O–H groups in total. The number of rotatable bonds is 2. The van der Waals surface area contributed by atoms with Crippen LogP contribution >= 0.6 is 0 Å². The van der Waals surface area contributed by atoms with Crippen LogP contribution in [0.4, 0.5) is 0 Å². The molecule has 0 fully saturated rings. The van der Waals surface area contributed by atoms with Gasteiger partial charge in [0, 0.05) is 6.92 Å². The molecule has 0 saturated heterocycles. The predicted molar refractivity (Wildman–Crippen MR) is 36.5 cm³/mol. The minimum atomic E-state index is -0.399. The maximum Gasteiger partial charge on any atom is 0.304 e. The van der Waals surface area contributed by atoms with Crippen LogP contribution in [0.2, 0.25) is 0 Å². The van der Waals surface area contributed by atoms with Crippen molar-refractivity contribution in [2.45, 2.75) is 13.7 Å². The molecule has 0 aliphatic carbocycles.